The highest BCUT2D eigenvalue weighted by Gasteiger charge is 2.19. The van der Waals surface area contributed by atoms with Gasteiger partial charge >= 0.3 is 0 Å². The maximum absolute atomic E-state index is 13.4. The molecule has 0 radical (unpaired) electrons. The minimum atomic E-state index is -2.47. The summed E-state index contributed by atoms with van der Waals surface area (Å²) in [4.78, 5) is 0. The number of pyridine rings is 1. The van der Waals surface area contributed by atoms with Gasteiger partial charge in [0, 0.05) is 24.0 Å². The molecule has 1 aromatic heterocycles. The highest BCUT2D eigenvalue weighted by molar-refractivity contribution is 5.61. The minimum Gasteiger partial charge on any atom is -0.207 e. The van der Waals surface area contributed by atoms with Gasteiger partial charge in [-0.15, -0.1) is 0 Å². The molecule has 112 valence electrons. The molecule has 0 fully saturated rings. The van der Waals surface area contributed by atoms with Gasteiger partial charge in [-0.1, -0.05) is 20.8 Å². The molecule has 0 aliphatic carbocycles. The van der Waals surface area contributed by atoms with E-state index in [-0.39, 0.29) is 16.9 Å². The first-order chi connectivity index (χ1) is 11.7. The first kappa shape index (κ1) is 10.1. The number of aryl methyl sites for hydroxylation is 3. The van der Waals surface area contributed by atoms with Crippen molar-refractivity contribution in [1.82, 2.24) is 0 Å². The standard InChI is InChI=1S/C19H25FN/c1-13-10-18(17-8-7-16(20)9-14(17)2)21(6)12-15(13)11-19(3,4)5/h7-10,12H,11H2,1-6H3/q+1/i1D3,11D2. The van der Waals surface area contributed by atoms with E-state index in [0.717, 1.165) is 0 Å². The van der Waals surface area contributed by atoms with E-state index in [1.807, 2.05) is 0 Å². The summed E-state index contributed by atoms with van der Waals surface area (Å²) in [6, 6.07) is 5.85. The van der Waals surface area contributed by atoms with Crippen molar-refractivity contribution in [3.05, 3.63) is 53.0 Å². The van der Waals surface area contributed by atoms with Gasteiger partial charge in [0.15, 0.2) is 6.20 Å². The molecule has 0 aliphatic heterocycles. The summed E-state index contributed by atoms with van der Waals surface area (Å²) in [6.07, 6.45) is -0.296. The van der Waals surface area contributed by atoms with Crippen LogP contribution in [0, 0.1) is 25.0 Å². The number of benzene rings is 1. The van der Waals surface area contributed by atoms with Crippen molar-refractivity contribution in [3.63, 3.8) is 0 Å². The van der Waals surface area contributed by atoms with Gasteiger partial charge < -0.3 is 0 Å². The number of halogens is 1. The molecule has 2 aromatic rings. The lowest BCUT2D eigenvalue weighted by Crippen LogP contribution is -2.32. The summed E-state index contributed by atoms with van der Waals surface area (Å²) in [5.74, 6) is -0.356. The lowest BCUT2D eigenvalue weighted by Gasteiger charge is -2.19. The van der Waals surface area contributed by atoms with Crippen LogP contribution < -0.4 is 4.57 Å². The van der Waals surface area contributed by atoms with Gasteiger partial charge in [-0.3, -0.25) is 0 Å². The van der Waals surface area contributed by atoms with Crippen LogP contribution in [0.4, 0.5) is 4.39 Å². The molecule has 2 rings (SSSR count). The molecule has 2 heteroatoms. The van der Waals surface area contributed by atoms with Gasteiger partial charge in [0.1, 0.15) is 12.9 Å². The Morgan fingerprint density at radius 2 is 1.95 bits per heavy atom. The van der Waals surface area contributed by atoms with Crippen molar-refractivity contribution in [1.29, 1.82) is 0 Å². The Labute approximate surface area is 134 Å². The summed E-state index contributed by atoms with van der Waals surface area (Å²) in [5, 5.41) is 0. The summed E-state index contributed by atoms with van der Waals surface area (Å²) in [7, 11) is 1.74. The van der Waals surface area contributed by atoms with Crippen LogP contribution in [0.3, 0.4) is 0 Å². The Morgan fingerprint density at radius 3 is 2.52 bits per heavy atom. The molecule has 0 bridgehead atoms. The molecule has 0 unspecified atom stereocenters. The Balaban J connectivity index is 2.82. The molecule has 0 amide bonds. The number of hydrogen-bond acceptors (Lipinski definition) is 0. The molecular weight excluding hydrogens is 261 g/mol. The predicted octanol–water partition coefficient (Wildman–Crippen LogP) is 4.52. The van der Waals surface area contributed by atoms with Crippen LogP contribution in [-0.4, -0.2) is 0 Å². The molecular formula is C19H25FN+. The zero-order chi connectivity index (χ0) is 20.1. The number of aromatic nitrogens is 1. The molecule has 1 aromatic carbocycles. The average molecular weight is 291 g/mol. The molecule has 1 nitrogen and oxygen atoms in total. The molecule has 0 atom stereocenters. The van der Waals surface area contributed by atoms with E-state index in [0.29, 0.717) is 16.8 Å². The van der Waals surface area contributed by atoms with Crippen LogP contribution in [-0.2, 0) is 13.4 Å². The molecule has 0 spiro atoms. The third-order valence-corrected chi connectivity index (χ3v) is 3.25. The van der Waals surface area contributed by atoms with E-state index in [1.165, 1.54) is 18.2 Å². The lowest BCUT2D eigenvalue weighted by atomic mass is 9.87. The second-order valence-electron chi connectivity index (χ2n) is 6.43. The molecule has 1 heterocycles. The van der Waals surface area contributed by atoms with E-state index in [2.05, 4.69) is 0 Å². The SMILES string of the molecule is [2H]C([2H])([2H])c1cc(-c2ccc(F)cc2C)[n+](C)cc1C([2H])([2H])C(C)(C)C. The third kappa shape index (κ3) is 3.69. The van der Waals surface area contributed by atoms with E-state index < -0.39 is 18.6 Å². The molecule has 0 saturated carbocycles. The van der Waals surface area contributed by atoms with E-state index in [1.54, 1.807) is 51.6 Å². The second-order valence-corrected chi connectivity index (χ2v) is 6.43. The van der Waals surface area contributed by atoms with Crippen molar-refractivity contribution in [3.8, 4) is 11.3 Å². The Morgan fingerprint density at radius 1 is 1.24 bits per heavy atom. The monoisotopic (exact) mass is 291 g/mol. The van der Waals surface area contributed by atoms with Crippen LogP contribution in [0.5, 0.6) is 0 Å². The molecule has 0 aliphatic rings. The number of hydrogen-bond donors (Lipinski definition) is 0. The maximum Gasteiger partial charge on any atom is 0.212 e. The summed E-state index contributed by atoms with van der Waals surface area (Å²) in [6.45, 7) is 4.53. The van der Waals surface area contributed by atoms with Crippen molar-refractivity contribution < 1.29 is 15.8 Å². The Kier molecular flexibility index (Phi) is 2.69. The van der Waals surface area contributed by atoms with E-state index in [9.17, 15) is 4.39 Å². The number of rotatable bonds is 2. The topological polar surface area (TPSA) is 3.88 Å². The fourth-order valence-electron chi connectivity index (χ4n) is 2.33. The zero-order valence-electron chi connectivity index (χ0n) is 18.2. The van der Waals surface area contributed by atoms with Crippen molar-refractivity contribution in [2.75, 3.05) is 0 Å². The fourth-order valence-corrected chi connectivity index (χ4v) is 2.33. The van der Waals surface area contributed by atoms with Gasteiger partial charge in [-0.25, -0.2) is 8.96 Å². The van der Waals surface area contributed by atoms with Crippen molar-refractivity contribution in [2.45, 2.75) is 40.9 Å². The summed E-state index contributed by atoms with van der Waals surface area (Å²) in [5.41, 5.74) is 1.34. The second kappa shape index (κ2) is 5.59. The van der Waals surface area contributed by atoms with Gasteiger partial charge in [-0.2, -0.15) is 0 Å². The van der Waals surface area contributed by atoms with Crippen LogP contribution in [0.1, 0.15) is 44.3 Å². The Bertz CT molecular complexity index is 835. The van der Waals surface area contributed by atoms with Gasteiger partial charge in [-0.05, 0) is 54.9 Å². The number of nitrogens with zero attached hydrogens (tertiary/aromatic N) is 1. The molecule has 0 N–H and O–H groups in total. The first-order valence-electron chi connectivity index (χ1n) is 9.47. The van der Waals surface area contributed by atoms with Crippen LogP contribution in [0.2, 0.25) is 0 Å². The zero-order valence-corrected chi connectivity index (χ0v) is 13.2. The predicted molar refractivity (Wildman–Crippen MR) is 85.6 cm³/mol. The van der Waals surface area contributed by atoms with Crippen molar-refractivity contribution >= 4 is 0 Å². The summed E-state index contributed by atoms with van der Waals surface area (Å²) < 4.78 is 56.0. The third-order valence-electron chi connectivity index (χ3n) is 3.25. The first-order valence-corrected chi connectivity index (χ1v) is 6.97. The van der Waals surface area contributed by atoms with Gasteiger partial charge in [0.2, 0.25) is 5.69 Å². The Hall–Kier alpha value is -1.70. The molecule has 21 heavy (non-hydrogen) atoms. The smallest absolute Gasteiger partial charge is 0.207 e. The van der Waals surface area contributed by atoms with Crippen LogP contribution in [0.25, 0.3) is 11.3 Å². The van der Waals surface area contributed by atoms with Gasteiger partial charge in [0.05, 0.1) is 0 Å². The average Bonchev–Trinajstić information content (AvgIpc) is 2.45. The van der Waals surface area contributed by atoms with Crippen LogP contribution in [0.15, 0.2) is 30.5 Å². The summed E-state index contributed by atoms with van der Waals surface area (Å²) >= 11 is 0. The van der Waals surface area contributed by atoms with Crippen LogP contribution >= 0.6 is 0 Å². The normalized spacial score (nSPS) is 16.6. The van der Waals surface area contributed by atoms with Gasteiger partial charge in [0.25, 0.3) is 0 Å². The van der Waals surface area contributed by atoms with E-state index >= 15 is 0 Å². The molecule has 0 saturated heterocycles. The minimum absolute atomic E-state index is 0.0192. The van der Waals surface area contributed by atoms with E-state index in [4.69, 9.17) is 6.85 Å². The highest BCUT2D eigenvalue weighted by atomic mass is 19.1. The quantitative estimate of drug-likeness (QED) is 0.716. The lowest BCUT2D eigenvalue weighted by molar-refractivity contribution is -0.660. The highest BCUT2D eigenvalue weighted by Crippen LogP contribution is 2.26. The fraction of sp³-hybridized carbons (Fsp3) is 0.421. The maximum atomic E-state index is 13.4. The van der Waals surface area contributed by atoms with Crippen molar-refractivity contribution in [2.24, 2.45) is 12.5 Å². The largest absolute Gasteiger partial charge is 0.212 e.